The van der Waals surface area contributed by atoms with E-state index in [0.29, 0.717) is 25.4 Å². The Hall–Kier alpha value is -0.630. The molecule has 0 unspecified atom stereocenters. The maximum atomic E-state index is 13.7. The molecule has 1 N–H and O–H groups in total. The van der Waals surface area contributed by atoms with Crippen LogP contribution in [0.25, 0.3) is 0 Å². The number of nitrogens with zero attached hydrogens (tertiary/aromatic N) is 2. The molecule has 0 spiro atoms. The maximum absolute atomic E-state index is 13.7. The van der Waals surface area contributed by atoms with Gasteiger partial charge in [-0.15, -0.1) is 0 Å². The second-order valence-electron chi connectivity index (χ2n) is 5.41. The van der Waals surface area contributed by atoms with Gasteiger partial charge in [0.25, 0.3) is 3.93 Å². The van der Waals surface area contributed by atoms with Gasteiger partial charge in [0.2, 0.25) is 0 Å². The van der Waals surface area contributed by atoms with E-state index in [2.05, 4.69) is 20.9 Å². The molecule has 6 heteroatoms. The highest BCUT2D eigenvalue weighted by Gasteiger charge is 2.41. The van der Waals surface area contributed by atoms with Crippen molar-refractivity contribution in [3.63, 3.8) is 0 Å². The molecule has 0 amide bonds. The quantitative estimate of drug-likeness (QED) is 0.630. The first-order valence-electron chi connectivity index (χ1n) is 6.79. The van der Waals surface area contributed by atoms with Crippen LogP contribution in [-0.4, -0.2) is 39.6 Å². The van der Waals surface area contributed by atoms with Crippen molar-refractivity contribution in [2.45, 2.75) is 16.3 Å². The first-order chi connectivity index (χ1) is 9.60. The standard InChI is InChI=1S/C14H18F2IN3/c1-17-14(15,16)12-4-5-20(9-12)13-3-2-10(8-19-13)11-6-18-7-11/h2-3,8,11-12,18H,1,4-7,9H2/t12-/m1/s1. The number of halogens is 3. The van der Waals surface area contributed by atoms with Crippen LogP contribution in [0.2, 0.25) is 0 Å². The van der Waals surface area contributed by atoms with Crippen molar-refractivity contribution >= 4 is 31.1 Å². The van der Waals surface area contributed by atoms with Crippen LogP contribution in [0.5, 0.6) is 0 Å². The molecular formula is C14H18F2IN3. The maximum Gasteiger partial charge on any atom is 0.295 e. The molecule has 0 bridgehead atoms. The van der Waals surface area contributed by atoms with Gasteiger partial charge in [-0.2, -0.15) is 8.78 Å². The summed E-state index contributed by atoms with van der Waals surface area (Å²) in [7, 11) is 0. The Morgan fingerprint density at radius 2 is 2.20 bits per heavy atom. The fraction of sp³-hybridized carbons (Fsp3) is 0.571. The van der Waals surface area contributed by atoms with Crippen LogP contribution in [0.4, 0.5) is 14.6 Å². The smallest absolute Gasteiger partial charge is 0.295 e. The van der Waals surface area contributed by atoms with Crippen molar-refractivity contribution in [2.24, 2.45) is 5.92 Å². The number of anilines is 1. The summed E-state index contributed by atoms with van der Waals surface area (Å²) < 4.78 is 28.3. The summed E-state index contributed by atoms with van der Waals surface area (Å²) in [6.07, 6.45) is 2.43. The Bertz CT molecular complexity index is 488. The van der Waals surface area contributed by atoms with Gasteiger partial charge >= 0.3 is 0 Å². The van der Waals surface area contributed by atoms with E-state index in [1.807, 2.05) is 17.2 Å². The fourth-order valence-electron chi connectivity index (χ4n) is 2.70. The molecule has 3 nitrogen and oxygen atoms in total. The van der Waals surface area contributed by atoms with Gasteiger partial charge in [-0.3, -0.25) is 0 Å². The lowest BCUT2D eigenvalue weighted by molar-refractivity contribution is 0.0676. The second-order valence-corrected chi connectivity index (χ2v) is 7.61. The van der Waals surface area contributed by atoms with Gasteiger partial charge in [0, 0.05) is 38.3 Å². The van der Waals surface area contributed by atoms with Gasteiger partial charge in [-0.1, -0.05) is 31.3 Å². The highest BCUT2D eigenvalue weighted by atomic mass is 127. The van der Waals surface area contributed by atoms with Crippen molar-refractivity contribution in [1.82, 2.24) is 10.3 Å². The van der Waals surface area contributed by atoms with Crippen molar-refractivity contribution in [3.8, 4) is 0 Å². The summed E-state index contributed by atoms with van der Waals surface area (Å²) in [6, 6.07) is 4.04. The average Bonchev–Trinajstić information content (AvgIpc) is 2.88. The average molecular weight is 393 g/mol. The Kier molecular flexibility index (Phi) is 4.03. The van der Waals surface area contributed by atoms with Crippen molar-refractivity contribution in [3.05, 3.63) is 23.9 Å². The molecule has 0 radical (unpaired) electrons. The van der Waals surface area contributed by atoms with Gasteiger partial charge in [-0.05, 0) is 18.1 Å². The van der Waals surface area contributed by atoms with Crippen LogP contribution in [0.1, 0.15) is 17.9 Å². The van der Waals surface area contributed by atoms with Gasteiger partial charge in [-0.25, -0.2) is 4.98 Å². The topological polar surface area (TPSA) is 28.2 Å². The molecule has 0 aliphatic carbocycles. The largest absolute Gasteiger partial charge is 0.356 e. The Labute approximate surface area is 127 Å². The van der Waals surface area contributed by atoms with Crippen LogP contribution in [-0.2, 0) is 0 Å². The predicted molar refractivity (Wildman–Crippen MR) is 86.3 cm³/mol. The number of hydrogen-bond acceptors (Lipinski definition) is 3. The first-order valence-corrected chi connectivity index (χ1v) is 9.39. The van der Waals surface area contributed by atoms with Crippen molar-refractivity contribution in [2.75, 3.05) is 31.1 Å². The Balaban J connectivity index is 1.66. The molecule has 2 saturated heterocycles. The third-order valence-electron chi connectivity index (χ3n) is 4.18. The summed E-state index contributed by atoms with van der Waals surface area (Å²) in [5, 5.41) is 3.23. The predicted octanol–water partition coefficient (Wildman–Crippen LogP) is 2.59. The van der Waals surface area contributed by atoms with Crippen LogP contribution in [0.15, 0.2) is 18.3 Å². The molecule has 1 atom stereocenters. The van der Waals surface area contributed by atoms with Crippen molar-refractivity contribution < 1.29 is 8.78 Å². The van der Waals surface area contributed by atoms with Crippen LogP contribution in [0.3, 0.4) is 0 Å². The lowest BCUT2D eigenvalue weighted by Gasteiger charge is -2.27. The first kappa shape index (κ1) is 14.3. The van der Waals surface area contributed by atoms with Gasteiger partial charge < -0.3 is 10.2 Å². The second kappa shape index (κ2) is 5.63. The number of rotatable bonds is 4. The van der Waals surface area contributed by atoms with Gasteiger partial charge in [0.15, 0.2) is 0 Å². The number of alkyl halides is 3. The van der Waals surface area contributed by atoms with Crippen LogP contribution in [0, 0.1) is 5.92 Å². The highest BCUT2D eigenvalue weighted by molar-refractivity contribution is 14.2. The molecule has 3 heterocycles. The summed E-state index contributed by atoms with van der Waals surface area (Å²) in [6.45, 7) is 3.08. The SMILES string of the molecule is C=IC(F)(F)[C@@H]1CCN(c2ccc(C3CNC3)cn2)C1. The lowest BCUT2D eigenvalue weighted by Crippen LogP contribution is -2.39. The van der Waals surface area contributed by atoms with E-state index in [1.54, 1.807) is 0 Å². The minimum absolute atomic E-state index is 0.402. The summed E-state index contributed by atoms with van der Waals surface area (Å²) in [5.74, 6) is 0.829. The number of hydrogen-bond donors (Lipinski definition) is 1. The third-order valence-corrected chi connectivity index (χ3v) is 6.07. The normalized spacial score (nSPS) is 23.9. The number of nitrogens with one attached hydrogen (secondary N) is 1. The molecule has 1 aromatic rings. The summed E-state index contributed by atoms with van der Waals surface area (Å²) in [4.78, 5) is 6.43. The monoisotopic (exact) mass is 393 g/mol. The van der Waals surface area contributed by atoms with Gasteiger partial charge in [0.1, 0.15) is 5.82 Å². The van der Waals surface area contributed by atoms with E-state index in [-0.39, 0.29) is 0 Å². The van der Waals surface area contributed by atoms with E-state index >= 15 is 0 Å². The molecule has 0 saturated carbocycles. The van der Waals surface area contributed by atoms with Crippen LogP contribution >= 0.6 is 20.7 Å². The van der Waals surface area contributed by atoms with E-state index in [1.165, 1.54) is 5.56 Å². The minimum Gasteiger partial charge on any atom is -0.356 e. The molecule has 2 aliphatic heterocycles. The van der Waals surface area contributed by atoms with E-state index in [9.17, 15) is 8.78 Å². The van der Waals surface area contributed by atoms with Crippen molar-refractivity contribution in [1.29, 1.82) is 0 Å². The Morgan fingerprint density at radius 1 is 1.40 bits per heavy atom. The molecular weight excluding hydrogens is 375 g/mol. The minimum atomic E-state index is -2.55. The lowest BCUT2D eigenvalue weighted by atomic mass is 9.95. The molecule has 0 aromatic carbocycles. The zero-order valence-electron chi connectivity index (χ0n) is 11.2. The molecule has 1 aromatic heterocycles. The summed E-state index contributed by atoms with van der Waals surface area (Å²) in [5.41, 5.74) is 1.23. The Morgan fingerprint density at radius 3 is 2.75 bits per heavy atom. The number of pyridine rings is 1. The van der Waals surface area contributed by atoms with Crippen LogP contribution < -0.4 is 10.2 Å². The summed E-state index contributed by atoms with van der Waals surface area (Å²) >= 11 is -1.29. The molecule has 110 valence electrons. The van der Waals surface area contributed by atoms with Gasteiger partial charge in [0.05, 0.1) is 5.92 Å². The van der Waals surface area contributed by atoms with E-state index < -0.39 is 30.6 Å². The molecule has 2 fully saturated rings. The molecule has 3 rings (SSSR count). The molecule has 20 heavy (non-hydrogen) atoms. The fourth-order valence-corrected chi connectivity index (χ4v) is 3.83. The molecule has 2 aliphatic rings. The number of aromatic nitrogens is 1. The zero-order chi connectivity index (χ0) is 14.2. The van der Waals surface area contributed by atoms with E-state index in [0.717, 1.165) is 18.9 Å². The highest BCUT2D eigenvalue weighted by Crippen LogP contribution is 2.41. The zero-order valence-corrected chi connectivity index (χ0v) is 13.3. The third kappa shape index (κ3) is 2.72. The van der Waals surface area contributed by atoms with E-state index in [4.69, 9.17) is 0 Å².